The standard InChI is InChI=1S/C26H32N3O7P/c1-5-34-25(32)27-26(19(4)18-22(30)37(33,35-6-2)36-7-3)23(20-14-10-8-11-15-20)28-29(24(26)31)21-16-12-9-13-17-21/h8-17,19H,5-7,18H2,1-4H3,(H,27,32)/t19-,26-/m1/s1. The first-order chi connectivity index (χ1) is 17.7. The SMILES string of the molecule is CCOC(=O)N[C@@]1([C@H](C)CC(=O)P(=O)(OCC)OCC)C(=O)N(c2ccccc2)N=C1c1ccccc1. The predicted molar refractivity (Wildman–Crippen MR) is 139 cm³/mol. The minimum absolute atomic E-state index is 0.00105. The number of carbonyl (C=O) groups excluding carboxylic acids is 3. The Labute approximate surface area is 216 Å². The van der Waals surface area contributed by atoms with Crippen LogP contribution in [0.5, 0.6) is 0 Å². The number of amides is 2. The van der Waals surface area contributed by atoms with E-state index < -0.39 is 43.0 Å². The predicted octanol–water partition coefficient (Wildman–Crippen LogP) is 4.74. The van der Waals surface area contributed by atoms with Gasteiger partial charge in [0.25, 0.3) is 5.91 Å². The molecule has 3 rings (SSSR count). The van der Waals surface area contributed by atoms with Crippen LogP contribution in [0, 0.1) is 5.92 Å². The fraction of sp³-hybridized carbons (Fsp3) is 0.385. The second-order valence-electron chi connectivity index (χ2n) is 8.25. The molecule has 198 valence electrons. The zero-order chi connectivity index (χ0) is 27.1. The lowest BCUT2D eigenvalue weighted by Gasteiger charge is -2.35. The molecule has 2 atom stereocenters. The number of alkyl carbamates (subject to hydrolysis) is 1. The zero-order valence-electron chi connectivity index (χ0n) is 21.4. The fourth-order valence-electron chi connectivity index (χ4n) is 4.17. The third-order valence-corrected chi connectivity index (χ3v) is 7.84. The third kappa shape index (κ3) is 5.82. The lowest BCUT2D eigenvalue weighted by atomic mass is 9.76. The van der Waals surface area contributed by atoms with Crippen LogP contribution in [0.3, 0.4) is 0 Å². The topological polar surface area (TPSA) is 124 Å². The van der Waals surface area contributed by atoms with E-state index in [1.165, 1.54) is 5.01 Å². The molecule has 2 amide bonds. The summed E-state index contributed by atoms with van der Waals surface area (Å²) in [6.07, 6.45) is -1.25. The Morgan fingerprint density at radius 1 is 0.973 bits per heavy atom. The minimum Gasteiger partial charge on any atom is -0.450 e. The molecule has 10 nitrogen and oxygen atoms in total. The summed E-state index contributed by atoms with van der Waals surface area (Å²) in [6.45, 7) is 6.51. The van der Waals surface area contributed by atoms with Crippen molar-refractivity contribution in [2.24, 2.45) is 11.0 Å². The third-order valence-electron chi connectivity index (χ3n) is 5.85. The molecule has 0 saturated carbocycles. The largest absolute Gasteiger partial charge is 0.450 e. The van der Waals surface area contributed by atoms with E-state index in [4.69, 9.17) is 13.8 Å². The number of anilines is 1. The fourth-order valence-corrected chi connectivity index (χ4v) is 5.71. The van der Waals surface area contributed by atoms with Gasteiger partial charge in [0.2, 0.25) is 5.52 Å². The van der Waals surface area contributed by atoms with Crippen molar-refractivity contribution < 1.29 is 32.7 Å². The molecule has 2 aromatic rings. The highest BCUT2D eigenvalue weighted by Gasteiger charge is 2.58. The van der Waals surface area contributed by atoms with Crippen LogP contribution >= 0.6 is 7.60 Å². The number of nitrogens with zero attached hydrogens (tertiary/aromatic N) is 2. The maximum atomic E-state index is 14.2. The average Bonchev–Trinajstić information content (AvgIpc) is 3.18. The van der Waals surface area contributed by atoms with Gasteiger partial charge in [0.1, 0.15) is 5.71 Å². The molecule has 0 saturated heterocycles. The van der Waals surface area contributed by atoms with Gasteiger partial charge in [0.05, 0.1) is 25.5 Å². The van der Waals surface area contributed by atoms with Gasteiger partial charge in [-0.15, -0.1) is 0 Å². The van der Waals surface area contributed by atoms with Crippen LogP contribution in [-0.4, -0.2) is 48.6 Å². The highest BCUT2D eigenvalue weighted by atomic mass is 31.2. The van der Waals surface area contributed by atoms with Crippen LogP contribution in [-0.2, 0) is 27.9 Å². The number of hydrogen-bond acceptors (Lipinski definition) is 8. The molecule has 1 heterocycles. The molecule has 1 aliphatic rings. The quantitative estimate of drug-likeness (QED) is 0.394. The lowest BCUT2D eigenvalue weighted by Crippen LogP contribution is -2.64. The molecule has 37 heavy (non-hydrogen) atoms. The molecule has 0 radical (unpaired) electrons. The summed E-state index contributed by atoms with van der Waals surface area (Å²) in [6, 6.07) is 17.6. The van der Waals surface area contributed by atoms with Crippen molar-refractivity contribution >= 4 is 36.5 Å². The maximum Gasteiger partial charge on any atom is 0.408 e. The Morgan fingerprint density at radius 3 is 2.08 bits per heavy atom. The maximum absolute atomic E-state index is 14.2. The van der Waals surface area contributed by atoms with Crippen LogP contribution in [0.25, 0.3) is 0 Å². The van der Waals surface area contributed by atoms with E-state index >= 15 is 0 Å². The van der Waals surface area contributed by atoms with Gasteiger partial charge in [0, 0.05) is 17.9 Å². The molecule has 0 fully saturated rings. The van der Waals surface area contributed by atoms with Crippen LogP contribution in [0.4, 0.5) is 10.5 Å². The van der Waals surface area contributed by atoms with Gasteiger partial charge in [-0.25, -0.2) is 4.79 Å². The number of nitrogens with one attached hydrogen (secondary N) is 1. The summed E-state index contributed by atoms with van der Waals surface area (Å²) >= 11 is 0. The van der Waals surface area contributed by atoms with Crippen molar-refractivity contribution in [1.29, 1.82) is 0 Å². The normalized spacial score (nSPS) is 18.3. The Balaban J connectivity index is 2.15. The average molecular weight is 530 g/mol. The van der Waals surface area contributed by atoms with Gasteiger partial charge in [-0.05, 0) is 32.9 Å². The Hall–Kier alpha value is -3.33. The summed E-state index contributed by atoms with van der Waals surface area (Å²) in [5, 5.41) is 8.53. The van der Waals surface area contributed by atoms with Gasteiger partial charge in [-0.1, -0.05) is 55.5 Å². The van der Waals surface area contributed by atoms with E-state index in [1.54, 1.807) is 82.3 Å². The smallest absolute Gasteiger partial charge is 0.408 e. The number of ether oxygens (including phenoxy) is 1. The monoisotopic (exact) mass is 529 g/mol. The molecule has 0 unspecified atom stereocenters. The van der Waals surface area contributed by atoms with Crippen LogP contribution in [0.15, 0.2) is 65.8 Å². The molecule has 0 bridgehead atoms. The van der Waals surface area contributed by atoms with Crippen molar-refractivity contribution in [1.82, 2.24) is 5.32 Å². The summed E-state index contributed by atoms with van der Waals surface area (Å²) in [5.41, 5.74) is -1.36. The number of para-hydroxylation sites is 1. The Kier molecular flexibility index (Phi) is 9.37. The van der Waals surface area contributed by atoms with Gasteiger partial charge < -0.3 is 19.1 Å². The van der Waals surface area contributed by atoms with Crippen molar-refractivity contribution in [2.45, 2.75) is 39.7 Å². The molecular formula is C26H32N3O7P. The minimum atomic E-state index is -4.11. The van der Waals surface area contributed by atoms with Crippen LogP contribution < -0.4 is 10.3 Å². The highest BCUT2D eigenvalue weighted by molar-refractivity contribution is 7.71. The second-order valence-corrected chi connectivity index (χ2v) is 10.3. The molecule has 0 aromatic heterocycles. The molecule has 11 heteroatoms. The molecule has 2 aromatic carbocycles. The van der Waals surface area contributed by atoms with E-state index in [-0.39, 0.29) is 25.5 Å². The van der Waals surface area contributed by atoms with E-state index in [0.29, 0.717) is 11.3 Å². The van der Waals surface area contributed by atoms with Gasteiger partial charge in [-0.2, -0.15) is 10.1 Å². The second kappa shape index (κ2) is 12.3. The molecule has 1 aliphatic heterocycles. The first kappa shape index (κ1) is 28.2. The summed E-state index contributed by atoms with van der Waals surface area (Å²) in [4.78, 5) is 40.2. The number of benzene rings is 2. The van der Waals surface area contributed by atoms with Gasteiger partial charge in [-0.3, -0.25) is 14.2 Å². The zero-order valence-corrected chi connectivity index (χ0v) is 22.3. The molecular weight excluding hydrogens is 497 g/mol. The lowest BCUT2D eigenvalue weighted by molar-refractivity contribution is -0.123. The van der Waals surface area contributed by atoms with Crippen molar-refractivity contribution in [2.75, 3.05) is 24.8 Å². The number of rotatable bonds is 12. The van der Waals surface area contributed by atoms with E-state index in [0.717, 1.165) is 0 Å². The van der Waals surface area contributed by atoms with Gasteiger partial charge in [0.15, 0.2) is 5.54 Å². The van der Waals surface area contributed by atoms with Crippen LogP contribution in [0.2, 0.25) is 0 Å². The Morgan fingerprint density at radius 2 is 1.54 bits per heavy atom. The summed E-state index contributed by atoms with van der Waals surface area (Å²) in [5.74, 6) is -1.51. The van der Waals surface area contributed by atoms with E-state index in [9.17, 15) is 18.9 Å². The van der Waals surface area contributed by atoms with Crippen molar-refractivity contribution in [3.05, 3.63) is 66.2 Å². The summed E-state index contributed by atoms with van der Waals surface area (Å²) < 4.78 is 28.8. The first-order valence-corrected chi connectivity index (χ1v) is 13.7. The highest BCUT2D eigenvalue weighted by Crippen LogP contribution is 2.51. The molecule has 1 N–H and O–H groups in total. The van der Waals surface area contributed by atoms with Crippen molar-refractivity contribution in [3.8, 4) is 0 Å². The van der Waals surface area contributed by atoms with Crippen molar-refractivity contribution in [3.63, 3.8) is 0 Å². The van der Waals surface area contributed by atoms with Gasteiger partial charge >= 0.3 is 13.7 Å². The summed E-state index contributed by atoms with van der Waals surface area (Å²) in [7, 11) is -4.11. The number of hydrazone groups is 1. The first-order valence-electron chi connectivity index (χ1n) is 12.1. The van der Waals surface area contributed by atoms with E-state index in [1.807, 2.05) is 6.07 Å². The molecule has 0 spiro atoms. The number of carbonyl (C=O) groups is 3. The Bertz CT molecular complexity index is 1180. The number of hydrogen-bond donors (Lipinski definition) is 1. The van der Waals surface area contributed by atoms with E-state index in [2.05, 4.69) is 10.4 Å². The molecule has 0 aliphatic carbocycles. The van der Waals surface area contributed by atoms with Crippen LogP contribution in [0.1, 0.15) is 39.7 Å².